The maximum absolute atomic E-state index is 11.2. The molecular weight excluding hydrogens is 176 g/mol. The van der Waals surface area contributed by atoms with E-state index in [0.29, 0.717) is 18.4 Å². The van der Waals surface area contributed by atoms with Crippen LogP contribution < -0.4 is 0 Å². The van der Waals surface area contributed by atoms with Crippen LogP contribution in [0.3, 0.4) is 0 Å². The maximum Gasteiger partial charge on any atom is 0.163 e. The van der Waals surface area contributed by atoms with E-state index in [4.69, 9.17) is 0 Å². The third-order valence-electron chi connectivity index (χ3n) is 1.59. The number of rotatable bonds is 4. The van der Waals surface area contributed by atoms with Crippen molar-refractivity contribution in [2.75, 3.05) is 0 Å². The van der Waals surface area contributed by atoms with Crippen molar-refractivity contribution in [3.63, 3.8) is 0 Å². The average Bonchev–Trinajstić information content (AvgIpc) is 2.30. The normalized spacial score (nSPS) is 8.43. The van der Waals surface area contributed by atoms with E-state index < -0.39 is 0 Å². The lowest BCUT2D eigenvalue weighted by molar-refractivity contribution is -0.107. The minimum Gasteiger partial charge on any atom is -0.303 e. The molecule has 0 radical (unpaired) electrons. The predicted octanol–water partition coefficient (Wildman–Crippen LogP) is 2.87. The van der Waals surface area contributed by atoms with Crippen LogP contribution in [0.15, 0.2) is 30.3 Å². The average molecular weight is 192 g/mol. The molecule has 0 saturated heterocycles. The molecule has 1 rings (SSSR count). The van der Waals surface area contributed by atoms with Gasteiger partial charge in [-0.05, 0) is 0 Å². The molecule has 0 atom stereocenters. The Morgan fingerprint density at radius 1 is 1.21 bits per heavy atom. The van der Waals surface area contributed by atoms with Gasteiger partial charge >= 0.3 is 0 Å². The molecule has 2 heteroatoms. The van der Waals surface area contributed by atoms with Crippen LogP contribution in [0.2, 0.25) is 0 Å². The monoisotopic (exact) mass is 192 g/mol. The zero-order valence-electron chi connectivity index (χ0n) is 8.69. The Hall–Kier alpha value is -1.44. The molecule has 0 aliphatic rings. The summed E-state index contributed by atoms with van der Waals surface area (Å²) in [5.74, 6) is 0.0303. The van der Waals surface area contributed by atoms with Gasteiger partial charge in [0.15, 0.2) is 5.78 Å². The first-order chi connectivity index (χ1) is 6.84. The lowest BCUT2D eigenvalue weighted by atomic mass is 10.1. The van der Waals surface area contributed by atoms with Gasteiger partial charge in [0.05, 0.1) is 0 Å². The molecule has 1 aromatic carbocycles. The second-order valence-electron chi connectivity index (χ2n) is 2.49. The molecule has 0 aromatic heterocycles. The van der Waals surface area contributed by atoms with Gasteiger partial charge in [0.2, 0.25) is 0 Å². The number of carbonyl (C=O) groups excluding carboxylic acids is 2. The molecule has 0 fully saturated rings. The quantitative estimate of drug-likeness (QED) is 0.543. The molecule has 14 heavy (non-hydrogen) atoms. The van der Waals surface area contributed by atoms with Crippen LogP contribution in [0.1, 0.15) is 37.0 Å². The van der Waals surface area contributed by atoms with Gasteiger partial charge in [-0.15, -0.1) is 0 Å². The molecule has 0 spiro atoms. The van der Waals surface area contributed by atoms with Crippen molar-refractivity contribution in [3.8, 4) is 0 Å². The summed E-state index contributed by atoms with van der Waals surface area (Å²) in [5.41, 5.74) is 0.680. The summed E-state index contributed by atoms with van der Waals surface area (Å²) >= 11 is 0. The molecule has 0 amide bonds. The molecule has 0 bridgehead atoms. The van der Waals surface area contributed by atoms with Crippen molar-refractivity contribution < 1.29 is 9.59 Å². The molecule has 2 nitrogen and oxygen atoms in total. The van der Waals surface area contributed by atoms with Gasteiger partial charge in [-0.25, -0.2) is 0 Å². The van der Waals surface area contributed by atoms with Crippen LogP contribution >= 0.6 is 0 Å². The van der Waals surface area contributed by atoms with Gasteiger partial charge in [0.1, 0.15) is 6.29 Å². The molecule has 0 N–H and O–H groups in total. The summed E-state index contributed by atoms with van der Waals surface area (Å²) in [6, 6.07) is 9.00. The fourth-order valence-electron chi connectivity index (χ4n) is 0.958. The summed E-state index contributed by atoms with van der Waals surface area (Å²) in [6.45, 7) is 4.00. The number of Topliss-reactive ketones (excluding diaryl/α,β-unsaturated/α-hetero) is 1. The number of benzene rings is 1. The highest BCUT2D eigenvalue weighted by molar-refractivity contribution is 5.96. The highest BCUT2D eigenvalue weighted by Crippen LogP contribution is 2.03. The Labute approximate surface area is 84.9 Å². The standard InChI is InChI=1S/C10H10O2.C2H6/c11-8-4-7-10(12)9-5-2-1-3-6-9;1-2/h1-3,5-6,8H,4,7H2;1-2H3. The van der Waals surface area contributed by atoms with Crippen LogP contribution in [0.5, 0.6) is 0 Å². The van der Waals surface area contributed by atoms with Crippen LogP contribution in [-0.4, -0.2) is 12.1 Å². The van der Waals surface area contributed by atoms with Crippen molar-refractivity contribution in [1.29, 1.82) is 0 Å². The number of hydrogen-bond acceptors (Lipinski definition) is 2. The van der Waals surface area contributed by atoms with E-state index in [1.165, 1.54) is 0 Å². The summed E-state index contributed by atoms with van der Waals surface area (Å²) in [6.07, 6.45) is 1.39. The first-order valence-corrected chi connectivity index (χ1v) is 4.86. The lowest BCUT2D eigenvalue weighted by Gasteiger charge is -1.95. The fourth-order valence-corrected chi connectivity index (χ4v) is 0.958. The second-order valence-corrected chi connectivity index (χ2v) is 2.49. The molecule has 0 heterocycles. The van der Waals surface area contributed by atoms with E-state index in [-0.39, 0.29) is 5.78 Å². The zero-order chi connectivity index (χ0) is 10.8. The Morgan fingerprint density at radius 2 is 1.79 bits per heavy atom. The molecule has 0 aliphatic carbocycles. The van der Waals surface area contributed by atoms with E-state index in [2.05, 4.69) is 0 Å². The van der Waals surface area contributed by atoms with Crippen LogP contribution in [0.25, 0.3) is 0 Å². The molecule has 1 aromatic rings. The summed E-state index contributed by atoms with van der Waals surface area (Å²) < 4.78 is 0. The van der Waals surface area contributed by atoms with Gasteiger partial charge < -0.3 is 4.79 Å². The molecule has 0 aliphatic heterocycles. The topological polar surface area (TPSA) is 34.1 Å². The lowest BCUT2D eigenvalue weighted by Crippen LogP contribution is -1.98. The second kappa shape index (κ2) is 8.17. The fraction of sp³-hybridized carbons (Fsp3) is 0.333. The van der Waals surface area contributed by atoms with Crippen LogP contribution in [0, 0.1) is 0 Å². The molecule has 0 unspecified atom stereocenters. The number of ketones is 1. The molecule has 76 valence electrons. The van der Waals surface area contributed by atoms with Crippen molar-refractivity contribution in [1.82, 2.24) is 0 Å². The van der Waals surface area contributed by atoms with E-state index >= 15 is 0 Å². The van der Waals surface area contributed by atoms with E-state index in [1.807, 2.05) is 32.0 Å². The van der Waals surface area contributed by atoms with E-state index in [1.54, 1.807) is 12.1 Å². The van der Waals surface area contributed by atoms with Crippen LogP contribution in [-0.2, 0) is 4.79 Å². The first kappa shape index (κ1) is 12.6. The highest BCUT2D eigenvalue weighted by atomic mass is 16.1. The minimum atomic E-state index is 0.0303. The zero-order valence-corrected chi connectivity index (χ0v) is 8.69. The van der Waals surface area contributed by atoms with E-state index in [9.17, 15) is 9.59 Å². The van der Waals surface area contributed by atoms with Gasteiger partial charge in [-0.1, -0.05) is 44.2 Å². The largest absolute Gasteiger partial charge is 0.303 e. The summed E-state index contributed by atoms with van der Waals surface area (Å²) in [5, 5.41) is 0. The molecular formula is C12H16O2. The maximum atomic E-state index is 11.2. The van der Waals surface area contributed by atoms with Crippen molar-refractivity contribution >= 4 is 12.1 Å². The highest BCUT2D eigenvalue weighted by Gasteiger charge is 2.02. The summed E-state index contributed by atoms with van der Waals surface area (Å²) in [7, 11) is 0. The first-order valence-electron chi connectivity index (χ1n) is 4.86. The van der Waals surface area contributed by atoms with Gasteiger partial charge in [-0.2, -0.15) is 0 Å². The number of carbonyl (C=O) groups is 2. The minimum absolute atomic E-state index is 0.0303. The smallest absolute Gasteiger partial charge is 0.163 e. The van der Waals surface area contributed by atoms with Gasteiger partial charge in [0, 0.05) is 18.4 Å². The van der Waals surface area contributed by atoms with E-state index in [0.717, 1.165) is 6.29 Å². The molecule has 0 saturated carbocycles. The Kier molecular flexibility index (Phi) is 7.33. The van der Waals surface area contributed by atoms with Gasteiger partial charge in [0.25, 0.3) is 0 Å². The number of aldehydes is 1. The third kappa shape index (κ3) is 4.55. The predicted molar refractivity (Wildman–Crippen MR) is 57.4 cm³/mol. The van der Waals surface area contributed by atoms with Crippen molar-refractivity contribution in [2.24, 2.45) is 0 Å². The Morgan fingerprint density at radius 3 is 2.29 bits per heavy atom. The number of hydrogen-bond donors (Lipinski definition) is 0. The SMILES string of the molecule is CC.O=CCCC(=O)c1ccccc1. The van der Waals surface area contributed by atoms with Gasteiger partial charge in [-0.3, -0.25) is 4.79 Å². The third-order valence-corrected chi connectivity index (χ3v) is 1.59. The van der Waals surface area contributed by atoms with Crippen molar-refractivity contribution in [3.05, 3.63) is 35.9 Å². The van der Waals surface area contributed by atoms with Crippen LogP contribution in [0.4, 0.5) is 0 Å². The Balaban J connectivity index is 0.000000791. The Bertz CT molecular complexity index is 265. The van der Waals surface area contributed by atoms with Crippen molar-refractivity contribution in [2.45, 2.75) is 26.7 Å². The summed E-state index contributed by atoms with van der Waals surface area (Å²) in [4.78, 5) is 21.2.